The highest BCUT2D eigenvalue weighted by molar-refractivity contribution is 5.50. The first-order chi connectivity index (χ1) is 14.8. The molecule has 0 aliphatic rings. The summed E-state index contributed by atoms with van der Waals surface area (Å²) in [5.74, 6) is 0.687. The molecular formula is C25H39N3O2. The molecule has 2 rings (SSSR count). The SMILES string of the molecule is CCCCC/C=C\CC[C@H](O)CCCCCCCc1nnc(Nc2ccccc2)o1. The van der Waals surface area contributed by atoms with Crippen molar-refractivity contribution in [3.8, 4) is 0 Å². The Hall–Kier alpha value is -2.14. The van der Waals surface area contributed by atoms with Crippen LogP contribution in [0.4, 0.5) is 11.7 Å². The second-order valence-electron chi connectivity index (χ2n) is 8.00. The molecule has 5 heteroatoms. The van der Waals surface area contributed by atoms with Crippen molar-refractivity contribution in [3.05, 3.63) is 48.4 Å². The Morgan fingerprint density at radius 1 is 0.900 bits per heavy atom. The predicted octanol–water partition coefficient (Wildman–Crippen LogP) is 6.97. The van der Waals surface area contributed by atoms with E-state index in [0.717, 1.165) is 50.6 Å². The fourth-order valence-corrected chi connectivity index (χ4v) is 3.42. The number of hydrogen-bond acceptors (Lipinski definition) is 5. The van der Waals surface area contributed by atoms with E-state index in [-0.39, 0.29) is 6.10 Å². The summed E-state index contributed by atoms with van der Waals surface area (Å²) in [6.07, 6.45) is 18.7. The van der Waals surface area contributed by atoms with Crippen LogP contribution in [0.5, 0.6) is 0 Å². The van der Waals surface area contributed by atoms with Gasteiger partial charge in [0.05, 0.1) is 6.10 Å². The summed E-state index contributed by atoms with van der Waals surface area (Å²) in [4.78, 5) is 0. The molecule has 0 unspecified atom stereocenters. The van der Waals surface area contributed by atoms with Crippen LogP contribution in [0, 0.1) is 0 Å². The third-order valence-corrected chi connectivity index (χ3v) is 5.23. The van der Waals surface area contributed by atoms with E-state index < -0.39 is 0 Å². The minimum absolute atomic E-state index is 0.153. The van der Waals surface area contributed by atoms with Crippen LogP contribution in [0.3, 0.4) is 0 Å². The average molecular weight is 414 g/mol. The number of unbranched alkanes of at least 4 members (excludes halogenated alkanes) is 7. The Labute approximate surface area is 182 Å². The lowest BCUT2D eigenvalue weighted by molar-refractivity contribution is 0.152. The Balaban J connectivity index is 1.44. The summed E-state index contributed by atoms with van der Waals surface area (Å²) in [6.45, 7) is 2.23. The molecule has 0 saturated heterocycles. The summed E-state index contributed by atoms with van der Waals surface area (Å²) < 4.78 is 5.65. The van der Waals surface area contributed by atoms with Gasteiger partial charge in [-0.05, 0) is 50.7 Å². The molecule has 0 amide bonds. The number of nitrogens with zero attached hydrogens (tertiary/aromatic N) is 2. The Kier molecular flexibility index (Phi) is 12.6. The van der Waals surface area contributed by atoms with Gasteiger partial charge in [0.25, 0.3) is 0 Å². The number of allylic oxidation sites excluding steroid dienone is 2. The molecule has 2 aromatic rings. The van der Waals surface area contributed by atoms with Gasteiger partial charge in [0.2, 0.25) is 5.89 Å². The van der Waals surface area contributed by atoms with Gasteiger partial charge >= 0.3 is 6.01 Å². The first-order valence-corrected chi connectivity index (χ1v) is 11.8. The van der Waals surface area contributed by atoms with E-state index in [1.165, 1.54) is 38.5 Å². The first-order valence-electron chi connectivity index (χ1n) is 11.8. The molecule has 5 nitrogen and oxygen atoms in total. The number of aryl methyl sites for hydroxylation is 1. The number of aromatic nitrogens is 2. The molecule has 0 aliphatic carbocycles. The fraction of sp³-hybridized carbons (Fsp3) is 0.600. The highest BCUT2D eigenvalue weighted by atomic mass is 16.4. The molecule has 0 spiro atoms. The van der Waals surface area contributed by atoms with Crippen LogP contribution in [0.25, 0.3) is 0 Å². The van der Waals surface area contributed by atoms with Gasteiger partial charge in [-0.25, -0.2) is 0 Å². The Morgan fingerprint density at radius 2 is 1.67 bits per heavy atom. The second kappa shape index (κ2) is 15.7. The van der Waals surface area contributed by atoms with Crippen molar-refractivity contribution in [2.24, 2.45) is 0 Å². The van der Waals surface area contributed by atoms with Gasteiger partial charge in [-0.1, -0.05) is 80.9 Å². The molecule has 0 radical (unpaired) electrons. The van der Waals surface area contributed by atoms with Crippen molar-refractivity contribution in [2.45, 2.75) is 96.5 Å². The van der Waals surface area contributed by atoms with Gasteiger partial charge in [0.1, 0.15) is 0 Å². The standard InChI is InChI=1S/C25H39N3O2/c1-2-3-4-5-6-8-14-19-23(29)20-15-9-7-10-16-21-24-27-28-25(30-24)26-22-17-12-11-13-18-22/h6,8,11-13,17-18,23,29H,2-5,7,9-10,14-16,19-21H2,1H3,(H,26,28)/b8-6-/t23-/m0/s1. The van der Waals surface area contributed by atoms with Gasteiger partial charge < -0.3 is 14.8 Å². The van der Waals surface area contributed by atoms with Crippen molar-refractivity contribution >= 4 is 11.7 Å². The molecule has 1 heterocycles. The van der Waals surface area contributed by atoms with Crippen LogP contribution < -0.4 is 5.32 Å². The highest BCUT2D eigenvalue weighted by Gasteiger charge is 2.06. The maximum Gasteiger partial charge on any atom is 0.320 e. The number of nitrogens with one attached hydrogen (secondary N) is 1. The van der Waals surface area contributed by atoms with E-state index in [1.807, 2.05) is 30.3 Å². The molecule has 1 atom stereocenters. The van der Waals surface area contributed by atoms with Crippen LogP contribution in [-0.2, 0) is 6.42 Å². The molecule has 30 heavy (non-hydrogen) atoms. The normalized spacial score (nSPS) is 12.5. The van der Waals surface area contributed by atoms with Gasteiger partial charge in [0.15, 0.2) is 0 Å². The van der Waals surface area contributed by atoms with Crippen LogP contribution in [0.2, 0.25) is 0 Å². The highest BCUT2D eigenvalue weighted by Crippen LogP contribution is 2.16. The monoisotopic (exact) mass is 413 g/mol. The number of anilines is 2. The molecule has 1 aromatic heterocycles. The second-order valence-corrected chi connectivity index (χ2v) is 8.00. The van der Waals surface area contributed by atoms with Gasteiger partial charge in [0, 0.05) is 12.1 Å². The molecule has 166 valence electrons. The third-order valence-electron chi connectivity index (χ3n) is 5.23. The molecule has 2 N–H and O–H groups in total. The fourth-order valence-electron chi connectivity index (χ4n) is 3.42. The summed E-state index contributed by atoms with van der Waals surface area (Å²) in [7, 11) is 0. The molecule has 0 saturated carbocycles. The van der Waals surface area contributed by atoms with E-state index in [9.17, 15) is 5.11 Å². The zero-order chi connectivity index (χ0) is 21.3. The average Bonchev–Trinajstić information content (AvgIpc) is 3.20. The van der Waals surface area contributed by atoms with Crippen LogP contribution >= 0.6 is 0 Å². The van der Waals surface area contributed by atoms with E-state index in [2.05, 4.69) is 34.6 Å². The van der Waals surface area contributed by atoms with E-state index in [4.69, 9.17) is 4.42 Å². The van der Waals surface area contributed by atoms with E-state index >= 15 is 0 Å². The van der Waals surface area contributed by atoms with Crippen LogP contribution in [0.15, 0.2) is 46.9 Å². The lowest BCUT2D eigenvalue weighted by Crippen LogP contribution is -2.05. The molecule has 0 aliphatic heterocycles. The number of para-hydroxylation sites is 1. The minimum atomic E-state index is -0.153. The largest absolute Gasteiger partial charge is 0.408 e. The molecule has 0 fully saturated rings. The van der Waals surface area contributed by atoms with E-state index in [0.29, 0.717) is 11.9 Å². The van der Waals surface area contributed by atoms with Crippen molar-refractivity contribution in [1.82, 2.24) is 10.2 Å². The van der Waals surface area contributed by atoms with Crippen molar-refractivity contribution < 1.29 is 9.52 Å². The molecular weight excluding hydrogens is 374 g/mol. The van der Waals surface area contributed by atoms with Gasteiger partial charge in [-0.2, -0.15) is 0 Å². The number of benzene rings is 1. The van der Waals surface area contributed by atoms with Gasteiger partial charge in [-0.3, -0.25) is 0 Å². The maximum absolute atomic E-state index is 10.1. The number of aliphatic hydroxyl groups excluding tert-OH is 1. The number of hydrogen-bond donors (Lipinski definition) is 2. The Morgan fingerprint density at radius 3 is 2.50 bits per heavy atom. The van der Waals surface area contributed by atoms with Crippen LogP contribution in [0.1, 0.15) is 89.9 Å². The van der Waals surface area contributed by atoms with Crippen molar-refractivity contribution in [1.29, 1.82) is 0 Å². The summed E-state index contributed by atoms with van der Waals surface area (Å²) in [5.41, 5.74) is 0.942. The maximum atomic E-state index is 10.1. The smallest absolute Gasteiger partial charge is 0.320 e. The zero-order valence-electron chi connectivity index (χ0n) is 18.6. The van der Waals surface area contributed by atoms with Crippen molar-refractivity contribution in [2.75, 3.05) is 5.32 Å². The summed E-state index contributed by atoms with van der Waals surface area (Å²) in [6, 6.07) is 10.3. The quantitative estimate of drug-likeness (QED) is 0.216. The first kappa shape index (κ1) is 24.1. The molecule has 1 aromatic carbocycles. The predicted molar refractivity (Wildman–Crippen MR) is 124 cm³/mol. The number of rotatable bonds is 17. The summed E-state index contributed by atoms with van der Waals surface area (Å²) in [5, 5.41) is 21.4. The Bertz CT molecular complexity index is 685. The van der Waals surface area contributed by atoms with Crippen LogP contribution in [-0.4, -0.2) is 21.4 Å². The lowest BCUT2D eigenvalue weighted by atomic mass is 10.0. The van der Waals surface area contributed by atoms with E-state index in [1.54, 1.807) is 0 Å². The number of aliphatic hydroxyl groups is 1. The van der Waals surface area contributed by atoms with Gasteiger partial charge in [-0.15, -0.1) is 5.10 Å². The topological polar surface area (TPSA) is 71.2 Å². The molecule has 0 bridgehead atoms. The zero-order valence-corrected chi connectivity index (χ0v) is 18.6. The minimum Gasteiger partial charge on any atom is -0.408 e. The summed E-state index contributed by atoms with van der Waals surface area (Å²) >= 11 is 0. The third kappa shape index (κ3) is 11.1. The lowest BCUT2D eigenvalue weighted by Gasteiger charge is -2.08. The van der Waals surface area contributed by atoms with Crippen molar-refractivity contribution in [3.63, 3.8) is 0 Å².